The van der Waals surface area contributed by atoms with Gasteiger partial charge < -0.3 is 4.42 Å². The SMILES string of the molecule is CC(C)c1ccc(C2c3c(oc4ccc(Br)cc4c3=O)C(=O)N2c2cccc(Br)c2)cc1. The number of hydrogen-bond donors (Lipinski definition) is 0. The molecule has 1 amide bonds. The minimum Gasteiger partial charge on any atom is -0.450 e. The van der Waals surface area contributed by atoms with Gasteiger partial charge in [-0.15, -0.1) is 0 Å². The lowest BCUT2D eigenvalue weighted by Gasteiger charge is -2.25. The molecule has 4 aromatic rings. The van der Waals surface area contributed by atoms with Crippen LogP contribution in [0.3, 0.4) is 0 Å². The average Bonchev–Trinajstić information content (AvgIpc) is 3.07. The van der Waals surface area contributed by atoms with Crippen molar-refractivity contribution in [1.82, 2.24) is 0 Å². The first-order valence-electron chi connectivity index (χ1n) is 10.3. The van der Waals surface area contributed by atoms with Crippen molar-refractivity contribution in [3.63, 3.8) is 0 Å². The second-order valence-electron chi connectivity index (χ2n) is 8.19. The Hall–Kier alpha value is -2.70. The van der Waals surface area contributed by atoms with Gasteiger partial charge in [-0.25, -0.2) is 0 Å². The Labute approximate surface area is 202 Å². The molecule has 0 radical (unpaired) electrons. The van der Waals surface area contributed by atoms with Gasteiger partial charge in [-0.2, -0.15) is 0 Å². The standard InChI is InChI=1S/C26H19Br2NO3/c1-14(2)15-6-8-16(9-7-15)23-22-24(30)20-13-18(28)10-11-21(20)32-25(22)26(31)29(23)19-5-3-4-17(27)12-19/h3-14,23H,1-2H3. The maximum Gasteiger partial charge on any atom is 0.295 e. The fourth-order valence-corrected chi connectivity index (χ4v) is 4.96. The molecule has 0 N–H and O–H groups in total. The van der Waals surface area contributed by atoms with E-state index in [9.17, 15) is 9.59 Å². The topological polar surface area (TPSA) is 50.5 Å². The highest BCUT2D eigenvalue weighted by Gasteiger charge is 2.43. The number of amides is 1. The van der Waals surface area contributed by atoms with E-state index in [2.05, 4.69) is 57.8 Å². The molecular weight excluding hydrogens is 534 g/mol. The fourth-order valence-electron chi connectivity index (χ4n) is 4.22. The Morgan fingerprint density at radius 3 is 2.31 bits per heavy atom. The average molecular weight is 553 g/mol. The van der Waals surface area contributed by atoms with E-state index in [1.165, 1.54) is 5.56 Å². The highest BCUT2D eigenvalue weighted by molar-refractivity contribution is 9.10. The van der Waals surface area contributed by atoms with Gasteiger partial charge in [0.25, 0.3) is 5.91 Å². The van der Waals surface area contributed by atoms with Gasteiger partial charge in [0, 0.05) is 14.6 Å². The molecule has 1 aliphatic rings. The van der Waals surface area contributed by atoms with Gasteiger partial charge in [-0.1, -0.05) is 76.0 Å². The van der Waals surface area contributed by atoms with Crippen LogP contribution < -0.4 is 10.3 Å². The predicted octanol–water partition coefficient (Wildman–Crippen LogP) is 7.19. The monoisotopic (exact) mass is 551 g/mol. The summed E-state index contributed by atoms with van der Waals surface area (Å²) in [6.07, 6.45) is 0. The summed E-state index contributed by atoms with van der Waals surface area (Å²) in [6.45, 7) is 4.27. The first-order chi connectivity index (χ1) is 15.3. The first kappa shape index (κ1) is 21.2. The smallest absolute Gasteiger partial charge is 0.295 e. The van der Waals surface area contributed by atoms with Gasteiger partial charge in [0.15, 0.2) is 5.43 Å². The lowest BCUT2D eigenvalue weighted by Crippen LogP contribution is -2.29. The van der Waals surface area contributed by atoms with E-state index < -0.39 is 6.04 Å². The van der Waals surface area contributed by atoms with Crippen molar-refractivity contribution < 1.29 is 9.21 Å². The summed E-state index contributed by atoms with van der Waals surface area (Å²) in [6, 6.07) is 20.3. The van der Waals surface area contributed by atoms with Crippen LogP contribution in [0.5, 0.6) is 0 Å². The van der Waals surface area contributed by atoms with Crippen molar-refractivity contribution in [2.24, 2.45) is 0 Å². The van der Waals surface area contributed by atoms with Crippen LogP contribution in [0.2, 0.25) is 0 Å². The molecule has 160 valence electrons. The maximum absolute atomic E-state index is 13.7. The van der Waals surface area contributed by atoms with Crippen molar-refractivity contribution >= 4 is 54.4 Å². The van der Waals surface area contributed by atoms with Gasteiger partial charge in [-0.3, -0.25) is 14.5 Å². The molecule has 6 heteroatoms. The number of fused-ring (bicyclic) bond motifs is 2. The lowest BCUT2D eigenvalue weighted by molar-refractivity contribution is 0.0971. The first-order valence-corrected chi connectivity index (χ1v) is 11.9. The number of anilines is 1. The number of nitrogens with zero attached hydrogens (tertiary/aromatic N) is 1. The molecule has 0 saturated carbocycles. The molecule has 0 spiro atoms. The van der Waals surface area contributed by atoms with Crippen LogP contribution in [0.4, 0.5) is 5.69 Å². The van der Waals surface area contributed by atoms with Crippen molar-refractivity contribution in [2.45, 2.75) is 25.8 Å². The highest BCUT2D eigenvalue weighted by atomic mass is 79.9. The fraction of sp³-hybridized carbons (Fsp3) is 0.154. The van der Waals surface area contributed by atoms with Crippen LogP contribution >= 0.6 is 31.9 Å². The number of halogens is 2. The van der Waals surface area contributed by atoms with Gasteiger partial charge in [0.05, 0.1) is 17.0 Å². The van der Waals surface area contributed by atoms with Crippen molar-refractivity contribution in [1.29, 1.82) is 0 Å². The van der Waals surface area contributed by atoms with Gasteiger partial charge >= 0.3 is 0 Å². The van der Waals surface area contributed by atoms with E-state index in [-0.39, 0.29) is 17.1 Å². The summed E-state index contributed by atoms with van der Waals surface area (Å²) in [5, 5.41) is 0.450. The molecular formula is C26H19Br2NO3. The van der Waals surface area contributed by atoms with Crippen LogP contribution in [0.25, 0.3) is 11.0 Å². The van der Waals surface area contributed by atoms with Gasteiger partial charge in [0.1, 0.15) is 5.58 Å². The van der Waals surface area contributed by atoms with E-state index in [1.54, 1.807) is 23.1 Å². The number of carbonyl (C=O) groups is 1. The van der Waals surface area contributed by atoms with Crippen LogP contribution in [0.1, 0.15) is 53.1 Å². The highest BCUT2D eigenvalue weighted by Crippen LogP contribution is 2.42. The number of rotatable bonds is 3. The second kappa shape index (κ2) is 8.01. The Bertz CT molecular complexity index is 1420. The molecule has 1 aromatic heterocycles. The third-order valence-electron chi connectivity index (χ3n) is 5.84. The summed E-state index contributed by atoms with van der Waals surface area (Å²) in [5.74, 6) is 0.162. The molecule has 32 heavy (non-hydrogen) atoms. The van der Waals surface area contributed by atoms with Crippen molar-refractivity contribution in [3.05, 3.63) is 108 Å². The molecule has 0 bridgehead atoms. The quantitative estimate of drug-likeness (QED) is 0.270. The molecule has 3 aromatic carbocycles. The largest absolute Gasteiger partial charge is 0.450 e. The van der Waals surface area contributed by atoms with E-state index in [0.29, 0.717) is 28.1 Å². The zero-order valence-corrected chi connectivity index (χ0v) is 20.6. The third-order valence-corrected chi connectivity index (χ3v) is 6.82. The van der Waals surface area contributed by atoms with E-state index in [1.807, 2.05) is 36.4 Å². The molecule has 1 unspecified atom stereocenters. The van der Waals surface area contributed by atoms with Crippen LogP contribution in [0.15, 0.2) is 84.9 Å². The summed E-state index contributed by atoms with van der Waals surface area (Å²) in [5.41, 5.74) is 3.34. The maximum atomic E-state index is 13.7. The van der Waals surface area contributed by atoms with Crippen molar-refractivity contribution in [3.8, 4) is 0 Å². The van der Waals surface area contributed by atoms with Crippen molar-refractivity contribution in [2.75, 3.05) is 4.90 Å². The molecule has 0 aliphatic carbocycles. The minimum absolute atomic E-state index is 0.0998. The molecule has 0 fully saturated rings. The van der Waals surface area contributed by atoms with Crippen LogP contribution in [-0.2, 0) is 0 Å². The molecule has 2 heterocycles. The zero-order chi connectivity index (χ0) is 22.6. The number of hydrogen-bond acceptors (Lipinski definition) is 3. The molecule has 4 nitrogen and oxygen atoms in total. The second-order valence-corrected chi connectivity index (χ2v) is 10.0. The van der Waals surface area contributed by atoms with Crippen LogP contribution in [-0.4, -0.2) is 5.91 Å². The van der Waals surface area contributed by atoms with E-state index in [0.717, 1.165) is 14.5 Å². The number of benzene rings is 3. The van der Waals surface area contributed by atoms with E-state index >= 15 is 0 Å². The summed E-state index contributed by atoms with van der Waals surface area (Å²) in [4.78, 5) is 28.9. The molecule has 5 rings (SSSR count). The number of carbonyl (C=O) groups excluding carboxylic acids is 1. The summed E-state index contributed by atoms with van der Waals surface area (Å²) in [7, 11) is 0. The summed E-state index contributed by atoms with van der Waals surface area (Å²) >= 11 is 6.93. The normalized spacial score (nSPS) is 15.6. The molecule has 1 atom stereocenters. The Kier molecular flexibility index (Phi) is 5.30. The predicted molar refractivity (Wildman–Crippen MR) is 134 cm³/mol. The summed E-state index contributed by atoms with van der Waals surface area (Å²) < 4.78 is 7.65. The zero-order valence-electron chi connectivity index (χ0n) is 17.4. The van der Waals surface area contributed by atoms with Gasteiger partial charge in [-0.05, 0) is 53.4 Å². The van der Waals surface area contributed by atoms with Gasteiger partial charge in [0.2, 0.25) is 5.76 Å². The van der Waals surface area contributed by atoms with Crippen LogP contribution in [0, 0.1) is 0 Å². The Morgan fingerprint density at radius 2 is 1.62 bits per heavy atom. The lowest BCUT2D eigenvalue weighted by atomic mass is 9.95. The minimum atomic E-state index is -0.576. The molecule has 1 aliphatic heterocycles. The Balaban J connectivity index is 1.79. The molecule has 0 saturated heterocycles. The van der Waals surface area contributed by atoms with E-state index in [4.69, 9.17) is 4.42 Å². The Morgan fingerprint density at radius 1 is 0.906 bits per heavy atom. The third kappa shape index (κ3) is 3.42.